The van der Waals surface area contributed by atoms with E-state index in [9.17, 15) is 4.39 Å². The van der Waals surface area contributed by atoms with Gasteiger partial charge in [0.1, 0.15) is 11.6 Å². The van der Waals surface area contributed by atoms with E-state index in [0.717, 1.165) is 17.2 Å². The molecule has 0 saturated heterocycles. The van der Waals surface area contributed by atoms with E-state index in [2.05, 4.69) is 27.2 Å². The molecular weight excluding hydrogens is 243 g/mol. The first-order chi connectivity index (χ1) is 9.17. The summed E-state index contributed by atoms with van der Waals surface area (Å²) in [6, 6.07) is 7.89. The van der Waals surface area contributed by atoms with Crippen LogP contribution in [0.1, 0.15) is 5.69 Å². The van der Waals surface area contributed by atoms with Gasteiger partial charge in [-0.15, -0.1) is 6.58 Å². The van der Waals surface area contributed by atoms with Gasteiger partial charge >= 0.3 is 0 Å². The molecule has 0 unspecified atom stereocenters. The number of nitrogens with zero attached hydrogens (tertiary/aromatic N) is 2. The van der Waals surface area contributed by atoms with Crippen molar-refractivity contribution in [2.24, 2.45) is 0 Å². The van der Waals surface area contributed by atoms with E-state index in [-0.39, 0.29) is 5.82 Å². The third-order valence-corrected chi connectivity index (χ3v) is 2.38. The van der Waals surface area contributed by atoms with Crippen LogP contribution in [0.15, 0.2) is 43.0 Å². The highest BCUT2D eigenvalue weighted by molar-refractivity contribution is 5.55. The molecule has 1 aromatic carbocycles. The third kappa shape index (κ3) is 3.77. The summed E-state index contributed by atoms with van der Waals surface area (Å²) in [5.41, 5.74) is 1.58. The molecule has 0 aliphatic carbocycles. The van der Waals surface area contributed by atoms with Crippen molar-refractivity contribution in [3.8, 4) is 0 Å². The minimum Gasteiger partial charge on any atom is -0.366 e. The highest BCUT2D eigenvalue weighted by Crippen LogP contribution is 2.16. The van der Waals surface area contributed by atoms with Crippen LogP contribution in [-0.4, -0.2) is 16.5 Å². The predicted molar refractivity (Wildman–Crippen MR) is 75.1 cm³/mol. The van der Waals surface area contributed by atoms with Gasteiger partial charge in [0.15, 0.2) is 0 Å². The number of aromatic nitrogens is 2. The summed E-state index contributed by atoms with van der Waals surface area (Å²) >= 11 is 0. The lowest BCUT2D eigenvalue weighted by Crippen LogP contribution is -2.05. The number of hydrogen-bond donors (Lipinski definition) is 2. The van der Waals surface area contributed by atoms with Crippen molar-refractivity contribution < 1.29 is 4.39 Å². The lowest BCUT2D eigenvalue weighted by atomic mass is 10.3. The van der Waals surface area contributed by atoms with Crippen molar-refractivity contribution in [1.29, 1.82) is 0 Å². The maximum absolute atomic E-state index is 12.8. The Morgan fingerprint density at radius 3 is 2.68 bits per heavy atom. The van der Waals surface area contributed by atoms with Gasteiger partial charge in [-0.05, 0) is 31.2 Å². The van der Waals surface area contributed by atoms with E-state index in [4.69, 9.17) is 0 Å². The maximum atomic E-state index is 12.8. The lowest BCUT2D eigenvalue weighted by Gasteiger charge is -2.08. The molecule has 5 heteroatoms. The van der Waals surface area contributed by atoms with Crippen LogP contribution in [0.3, 0.4) is 0 Å². The summed E-state index contributed by atoms with van der Waals surface area (Å²) in [7, 11) is 0. The van der Waals surface area contributed by atoms with Crippen molar-refractivity contribution in [1.82, 2.24) is 9.97 Å². The van der Waals surface area contributed by atoms with E-state index in [0.29, 0.717) is 12.5 Å². The number of nitrogens with one attached hydrogen (secondary N) is 2. The second kappa shape index (κ2) is 5.95. The molecule has 0 aliphatic rings. The smallest absolute Gasteiger partial charge is 0.229 e. The van der Waals surface area contributed by atoms with Gasteiger partial charge in [-0.2, -0.15) is 4.98 Å². The number of benzene rings is 1. The molecule has 0 aliphatic heterocycles. The highest BCUT2D eigenvalue weighted by Gasteiger charge is 2.02. The van der Waals surface area contributed by atoms with E-state index in [1.54, 1.807) is 18.2 Å². The molecule has 0 fully saturated rings. The molecule has 0 bridgehead atoms. The molecule has 0 amide bonds. The molecule has 0 atom stereocenters. The van der Waals surface area contributed by atoms with Crippen LogP contribution in [-0.2, 0) is 0 Å². The molecule has 1 heterocycles. The molecule has 2 rings (SSSR count). The minimum absolute atomic E-state index is 0.274. The Morgan fingerprint density at radius 2 is 2.00 bits per heavy atom. The zero-order valence-corrected chi connectivity index (χ0v) is 10.7. The fraction of sp³-hybridized carbons (Fsp3) is 0.143. The summed E-state index contributed by atoms with van der Waals surface area (Å²) < 4.78 is 12.8. The zero-order chi connectivity index (χ0) is 13.7. The third-order valence-electron chi connectivity index (χ3n) is 2.38. The van der Waals surface area contributed by atoms with Gasteiger partial charge in [-0.1, -0.05) is 6.08 Å². The average Bonchev–Trinajstić information content (AvgIpc) is 2.38. The quantitative estimate of drug-likeness (QED) is 0.808. The predicted octanol–water partition coefficient (Wildman–Crippen LogP) is 3.27. The van der Waals surface area contributed by atoms with Crippen molar-refractivity contribution in [2.75, 3.05) is 17.2 Å². The van der Waals surface area contributed by atoms with E-state index < -0.39 is 0 Å². The molecular formula is C14H15FN4. The molecule has 0 spiro atoms. The Balaban J connectivity index is 2.17. The van der Waals surface area contributed by atoms with Gasteiger partial charge < -0.3 is 10.6 Å². The summed E-state index contributed by atoms with van der Waals surface area (Å²) in [6.45, 7) is 6.16. The summed E-state index contributed by atoms with van der Waals surface area (Å²) in [4.78, 5) is 8.59. The molecule has 98 valence electrons. The first kappa shape index (κ1) is 13.0. The van der Waals surface area contributed by atoms with E-state index in [1.165, 1.54) is 12.1 Å². The van der Waals surface area contributed by atoms with Gasteiger partial charge in [0, 0.05) is 24.0 Å². The van der Waals surface area contributed by atoms with Crippen LogP contribution < -0.4 is 10.6 Å². The number of rotatable bonds is 5. The average molecular weight is 258 g/mol. The first-order valence-electron chi connectivity index (χ1n) is 5.90. The van der Waals surface area contributed by atoms with Crippen molar-refractivity contribution >= 4 is 17.5 Å². The Hall–Kier alpha value is -2.43. The number of halogens is 1. The van der Waals surface area contributed by atoms with E-state index in [1.807, 2.05) is 13.0 Å². The standard InChI is InChI=1S/C14H15FN4/c1-3-8-16-13-9-10(2)17-14(19-13)18-12-6-4-11(15)5-7-12/h3-7,9H,1,8H2,2H3,(H2,16,17,18,19). The van der Waals surface area contributed by atoms with Gasteiger partial charge in [-0.25, -0.2) is 9.37 Å². The fourth-order valence-electron chi connectivity index (χ4n) is 1.55. The van der Waals surface area contributed by atoms with Crippen LogP contribution in [0.5, 0.6) is 0 Å². The zero-order valence-electron chi connectivity index (χ0n) is 10.7. The number of hydrogen-bond acceptors (Lipinski definition) is 4. The van der Waals surface area contributed by atoms with Crippen LogP contribution in [0, 0.1) is 12.7 Å². The SMILES string of the molecule is C=CCNc1cc(C)nc(Nc2ccc(F)cc2)n1. The van der Waals surface area contributed by atoms with Crippen LogP contribution in [0.25, 0.3) is 0 Å². The topological polar surface area (TPSA) is 49.8 Å². The Kier molecular flexibility index (Phi) is 4.07. The maximum Gasteiger partial charge on any atom is 0.229 e. The van der Waals surface area contributed by atoms with Gasteiger partial charge in [0.25, 0.3) is 0 Å². The molecule has 2 aromatic rings. The molecule has 2 N–H and O–H groups in total. The monoisotopic (exact) mass is 258 g/mol. The second-order valence-corrected chi connectivity index (χ2v) is 4.02. The van der Waals surface area contributed by atoms with Crippen molar-refractivity contribution in [3.05, 3.63) is 54.5 Å². The molecule has 0 saturated carbocycles. The molecule has 1 aromatic heterocycles. The van der Waals surface area contributed by atoms with Crippen LogP contribution >= 0.6 is 0 Å². The number of anilines is 3. The first-order valence-corrected chi connectivity index (χ1v) is 5.90. The molecule has 19 heavy (non-hydrogen) atoms. The van der Waals surface area contributed by atoms with Crippen LogP contribution in [0.4, 0.5) is 21.8 Å². The minimum atomic E-state index is -0.274. The van der Waals surface area contributed by atoms with Crippen molar-refractivity contribution in [2.45, 2.75) is 6.92 Å². The van der Waals surface area contributed by atoms with Crippen LogP contribution in [0.2, 0.25) is 0 Å². The van der Waals surface area contributed by atoms with E-state index >= 15 is 0 Å². The summed E-state index contributed by atoms with van der Waals surface area (Å²) in [6.07, 6.45) is 1.75. The molecule has 0 radical (unpaired) electrons. The molecule has 4 nitrogen and oxygen atoms in total. The Morgan fingerprint density at radius 1 is 1.26 bits per heavy atom. The fourth-order valence-corrected chi connectivity index (χ4v) is 1.55. The lowest BCUT2D eigenvalue weighted by molar-refractivity contribution is 0.628. The summed E-state index contributed by atoms with van der Waals surface area (Å²) in [5.74, 6) is 0.916. The Labute approximate surface area is 111 Å². The second-order valence-electron chi connectivity index (χ2n) is 4.02. The normalized spacial score (nSPS) is 10.0. The van der Waals surface area contributed by atoms with Gasteiger partial charge in [0.2, 0.25) is 5.95 Å². The summed E-state index contributed by atoms with van der Waals surface area (Å²) in [5, 5.41) is 6.14. The van der Waals surface area contributed by atoms with Gasteiger partial charge in [-0.3, -0.25) is 0 Å². The Bertz CT molecular complexity index is 566. The van der Waals surface area contributed by atoms with Gasteiger partial charge in [0.05, 0.1) is 0 Å². The largest absolute Gasteiger partial charge is 0.366 e. The number of aryl methyl sites for hydroxylation is 1. The highest BCUT2D eigenvalue weighted by atomic mass is 19.1. The van der Waals surface area contributed by atoms with Crippen molar-refractivity contribution in [3.63, 3.8) is 0 Å².